The Morgan fingerprint density at radius 3 is 2.46 bits per heavy atom. The van der Waals surface area contributed by atoms with Gasteiger partial charge < -0.3 is 19.3 Å². The van der Waals surface area contributed by atoms with E-state index in [1.165, 1.54) is 24.2 Å². The third-order valence-electron chi connectivity index (χ3n) is 6.34. The van der Waals surface area contributed by atoms with Crippen molar-refractivity contribution in [1.29, 1.82) is 0 Å². The van der Waals surface area contributed by atoms with Crippen LogP contribution in [0, 0.1) is 6.92 Å². The highest BCUT2D eigenvalue weighted by atomic mass is 32.2. The van der Waals surface area contributed by atoms with E-state index >= 15 is 0 Å². The molecular formula is C25H33F3N4O5S2. The second kappa shape index (κ2) is 13.1. The monoisotopic (exact) mass is 590 g/mol. The van der Waals surface area contributed by atoms with E-state index in [1.54, 1.807) is 22.7 Å². The number of nitrogens with zero attached hydrogens (tertiary/aromatic N) is 4. The molecule has 1 fully saturated rings. The lowest BCUT2D eigenvalue weighted by Crippen LogP contribution is -2.33. The summed E-state index contributed by atoms with van der Waals surface area (Å²) in [7, 11) is -1.56. The number of aliphatic carboxylic acids is 1. The highest BCUT2D eigenvalue weighted by molar-refractivity contribution is 7.89. The average molecular weight is 591 g/mol. The highest BCUT2D eigenvalue weighted by Crippen LogP contribution is 2.32. The van der Waals surface area contributed by atoms with E-state index in [0.29, 0.717) is 24.5 Å². The third kappa shape index (κ3) is 8.16. The molecule has 3 aromatic rings. The van der Waals surface area contributed by atoms with Crippen molar-refractivity contribution in [2.24, 2.45) is 0 Å². The van der Waals surface area contributed by atoms with Crippen molar-refractivity contribution in [2.45, 2.75) is 50.7 Å². The molecule has 216 valence electrons. The first-order valence-corrected chi connectivity index (χ1v) is 14.8. The van der Waals surface area contributed by atoms with Gasteiger partial charge in [-0.15, -0.1) is 0 Å². The van der Waals surface area contributed by atoms with Gasteiger partial charge in [-0.1, -0.05) is 18.3 Å². The fraction of sp³-hybridized carbons (Fsp3) is 0.520. The minimum atomic E-state index is -5.08. The molecule has 1 aliphatic heterocycles. The lowest BCUT2D eigenvalue weighted by molar-refractivity contribution is -0.192. The predicted octanol–water partition coefficient (Wildman–Crippen LogP) is 4.96. The van der Waals surface area contributed by atoms with Crippen LogP contribution in [0.1, 0.15) is 37.5 Å². The molecule has 0 saturated carbocycles. The number of benzene rings is 1. The number of fused-ring (bicyclic) bond motifs is 1. The molecule has 39 heavy (non-hydrogen) atoms. The number of carboxylic acid groups (broad SMARTS) is 1. The molecule has 0 bridgehead atoms. The number of rotatable bonds is 10. The Balaban J connectivity index is 0.000000532. The number of aryl methyl sites for hydroxylation is 1. The normalized spacial score (nSPS) is 14.5. The van der Waals surface area contributed by atoms with Gasteiger partial charge in [0, 0.05) is 20.1 Å². The molecule has 1 aromatic carbocycles. The zero-order chi connectivity index (χ0) is 28.8. The van der Waals surface area contributed by atoms with Crippen molar-refractivity contribution in [3.8, 4) is 0 Å². The zero-order valence-corrected chi connectivity index (χ0v) is 23.7. The first-order chi connectivity index (χ1) is 18.3. The van der Waals surface area contributed by atoms with Gasteiger partial charge in [-0.05, 0) is 75.6 Å². The number of aromatic nitrogens is 1. The van der Waals surface area contributed by atoms with Crippen LogP contribution in [0.5, 0.6) is 0 Å². The van der Waals surface area contributed by atoms with E-state index in [0.717, 1.165) is 52.7 Å². The molecule has 3 heterocycles. The van der Waals surface area contributed by atoms with Crippen LogP contribution in [-0.4, -0.2) is 79.6 Å². The summed E-state index contributed by atoms with van der Waals surface area (Å²) in [5.41, 5.74) is 1.92. The number of carboxylic acids is 1. The van der Waals surface area contributed by atoms with Gasteiger partial charge in [-0.25, -0.2) is 18.2 Å². The number of halogens is 3. The lowest BCUT2D eigenvalue weighted by atomic mass is 10.3. The fourth-order valence-electron chi connectivity index (χ4n) is 4.14. The Morgan fingerprint density at radius 2 is 1.90 bits per heavy atom. The van der Waals surface area contributed by atoms with Crippen LogP contribution < -0.4 is 4.90 Å². The SMILES string of the molecule is CCN(CCCN1CCCC1)S(=O)(=O)c1ccc2nc(N(C)Cc3occc3C)sc2c1.O=C(O)C(F)(F)F. The van der Waals surface area contributed by atoms with Crippen molar-refractivity contribution in [2.75, 3.05) is 44.7 Å². The van der Waals surface area contributed by atoms with Gasteiger partial charge in [0.2, 0.25) is 10.0 Å². The van der Waals surface area contributed by atoms with Gasteiger partial charge in [0.1, 0.15) is 5.76 Å². The summed E-state index contributed by atoms with van der Waals surface area (Å²) in [5, 5.41) is 7.96. The first-order valence-electron chi connectivity index (χ1n) is 12.5. The number of hydrogen-bond acceptors (Lipinski definition) is 8. The molecular weight excluding hydrogens is 557 g/mol. The Hall–Kier alpha value is -2.68. The molecule has 9 nitrogen and oxygen atoms in total. The Bertz CT molecular complexity index is 1350. The van der Waals surface area contributed by atoms with Crippen molar-refractivity contribution in [1.82, 2.24) is 14.2 Å². The van der Waals surface area contributed by atoms with Crippen molar-refractivity contribution >= 4 is 42.7 Å². The Kier molecular flexibility index (Phi) is 10.4. The number of likely N-dealkylation sites (tertiary alicyclic amines) is 1. The van der Waals surface area contributed by atoms with E-state index in [1.807, 2.05) is 37.9 Å². The van der Waals surface area contributed by atoms with E-state index in [4.69, 9.17) is 19.3 Å². The van der Waals surface area contributed by atoms with Crippen LogP contribution in [0.15, 0.2) is 39.8 Å². The number of carbonyl (C=O) groups is 1. The van der Waals surface area contributed by atoms with Gasteiger partial charge in [-0.3, -0.25) is 0 Å². The molecule has 1 saturated heterocycles. The second-order valence-electron chi connectivity index (χ2n) is 9.21. The van der Waals surface area contributed by atoms with Gasteiger partial charge in [-0.2, -0.15) is 17.5 Å². The number of sulfonamides is 1. The summed E-state index contributed by atoms with van der Waals surface area (Å²) in [6.07, 6.45) is -0.0263. The summed E-state index contributed by atoms with van der Waals surface area (Å²) >= 11 is 1.50. The lowest BCUT2D eigenvalue weighted by Gasteiger charge is -2.22. The van der Waals surface area contributed by atoms with E-state index < -0.39 is 22.2 Å². The second-order valence-corrected chi connectivity index (χ2v) is 12.2. The zero-order valence-electron chi connectivity index (χ0n) is 22.1. The van der Waals surface area contributed by atoms with Crippen LogP contribution >= 0.6 is 11.3 Å². The molecule has 4 rings (SSSR count). The summed E-state index contributed by atoms with van der Waals surface area (Å²) in [4.78, 5) is 18.4. The van der Waals surface area contributed by atoms with E-state index in [2.05, 4.69) is 4.90 Å². The molecule has 0 unspecified atom stereocenters. The number of alkyl halides is 3. The predicted molar refractivity (Wildman–Crippen MR) is 144 cm³/mol. The molecule has 1 aliphatic rings. The molecule has 14 heteroatoms. The first kappa shape index (κ1) is 30.9. The standard InChI is InChI=1S/C23H32N4O3S2.C2HF3O2/c1-4-27(14-7-13-26-11-5-6-12-26)32(28,29)19-8-9-20-22(16-19)31-23(24-20)25(3)17-21-18(2)10-15-30-21;3-2(4,5)1(6)7/h8-10,15-16H,4-7,11-14,17H2,1-3H3;(H,6,7). The molecule has 0 atom stereocenters. The molecule has 2 aromatic heterocycles. The largest absolute Gasteiger partial charge is 0.490 e. The average Bonchev–Trinajstić information content (AvgIpc) is 3.62. The number of anilines is 1. The van der Waals surface area contributed by atoms with Crippen molar-refractivity contribution in [3.63, 3.8) is 0 Å². The smallest absolute Gasteiger partial charge is 0.475 e. The van der Waals surface area contributed by atoms with Gasteiger partial charge >= 0.3 is 12.1 Å². The molecule has 0 amide bonds. The molecule has 0 aliphatic carbocycles. The maximum absolute atomic E-state index is 13.3. The van der Waals surface area contributed by atoms with E-state index in [9.17, 15) is 21.6 Å². The van der Waals surface area contributed by atoms with Gasteiger partial charge in [0.05, 0.1) is 27.9 Å². The number of furan rings is 1. The maximum atomic E-state index is 13.3. The van der Waals surface area contributed by atoms with Gasteiger partial charge in [0.25, 0.3) is 0 Å². The summed E-state index contributed by atoms with van der Waals surface area (Å²) < 4.78 is 66.3. The number of hydrogen-bond donors (Lipinski definition) is 1. The van der Waals surface area contributed by atoms with Crippen molar-refractivity contribution < 1.29 is 35.9 Å². The van der Waals surface area contributed by atoms with Crippen LogP contribution in [0.2, 0.25) is 0 Å². The van der Waals surface area contributed by atoms with E-state index in [-0.39, 0.29) is 0 Å². The third-order valence-corrected chi connectivity index (χ3v) is 9.44. The minimum Gasteiger partial charge on any atom is -0.475 e. The highest BCUT2D eigenvalue weighted by Gasteiger charge is 2.38. The molecule has 0 spiro atoms. The quantitative estimate of drug-likeness (QED) is 0.353. The topological polar surface area (TPSA) is 107 Å². The number of thiazole rings is 1. The van der Waals surface area contributed by atoms with Crippen LogP contribution in [0.25, 0.3) is 10.2 Å². The summed E-state index contributed by atoms with van der Waals surface area (Å²) in [6.45, 7) is 8.80. The fourth-order valence-corrected chi connectivity index (χ4v) is 6.69. The molecule has 1 N–H and O–H groups in total. The Morgan fingerprint density at radius 1 is 1.23 bits per heavy atom. The van der Waals surface area contributed by atoms with Crippen LogP contribution in [0.4, 0.5) is 18.3 Å². The summed E-state index contributed by atoms with van der Waals surface area (Å²) in [5.74, 6) is -1.85. The van der Waals surface area contributed by atoms with Crippen molar-refractivity contribution in [3.05, 3.63) is 41.9 Å². The van der Waals surface area contributed by atoms with Crippen LogP contribution in [0.3, 0.4) is 0 Å². The molecule has 0 radical (unpaired) electrons. The minimum absolute atomic E-state index is 0.341. The Labute approximate surface area is 229 Å². The summed E-state index contributed by atoms with van der Waals surface area (Å²) in [6, 6.07) is 7.21. The maximum Gasteiger partial charge on any atom is 0.490 e. The van der Waals surface area contributed by atoms with Gasteiger partial charge in [0.15, 0.2) is 5.13 Å². The van der Waals surface area contributed by atoms with Crippen LogP contribution in [-0.2, 0) is 21.4 Å².